The van der Waals surface area contributed by atoms with Crippen molar-refractivity contribution in [1.82, 2.24) is 4.72 Å². The van der Waals surface area contributed by atoms with Crippen LogP contribution in [-0.4, -0.2) is 19.9 Å². The summed E-state index contributed by atoms with van der Waals surface area (Å²) >= 11 is 0. The summed E-state index contributed by atoms with van der Waals surface area (Å²) < 4.78 is 32.9. The van der Waals surface area contributed by atoms with Crippen LogP contribution in [0.3, 0.4) is 0 Å². The van der Waals surface area contributed by atoms with E-state index in [-0.39, 0.29) is 11.4 Å². The Morgan fingerprint density at radius 3 is 2.52 bits per heavy atom. The Morgan fingerprint density at radius 2 is 1.96 bits per heavy atom. The van der Waals surface area contributed by atoms with Crippen molar-refractivity contribution in [2.75, 3.05) is 5.32 Å². The van der Waals surface area contributed by atoms with Crippen molar-refractivity contribution < 1.29 is 17.6 Å². The Labute approximate surface area is 147 Å². The van der Waals surface area contributed by atoms with Gasteiger partial charge in [-0.15, -0.1) is 0 Å². The minimum atomic E-state index is -3.71. The van der Waals surface area contributed by atoms with E-state index in [9.17, 15) is 13.2 Å². The third-order valence-electron chi connectivity index (χ3n) is 3.38. The van der Waals surface area contributed by atoms with Gasteiger partial charge in [0.25, 0.3) is 5.91 Å². The molecule has 0 aliphatic carbocycles. The highest BCUT2D eigenvalue weighted by Crippen LogP contribution is 2.24. The van der Waals surface area contributed by atoms with Crippen LogP contribution in [-0.2, 0) is 16.6 Å². The number of hydrogen-bond acceptors (Lipinski definition) is 5. The van der Waals surface area contributed by atoms with Crippen LogP contribution >= 0.6 is 0 Å². The summed E-state index contributed by atoms with van der Waals surface area (Å²) in [5.74, 6) is 0.0949. The van der Waals surface area contributed by atoms with E-state index >= 15 is 0 Å². The van der Waals surface area contributed by atoms with E-state index in [1.165, 1.54) is 12.3 Å². The highest BCUT2D eigenvalue weighted by atomic mass is 32.2. The first-order valence-electron chi connectivity index (χ1n) is 7.76. The number of carbonyl (C=O) groups excluding carboxylic acids is 1. The summed E-state index contributed by atoms with van der Waals surface area (Å²) in [6, 6.07) is 6.28. The molecule has 1 amide bonds. The molecular weight excluding hydrogens is 342 g/mol. The second kappa shape index (κ2) is 6.99. The highest BCUT2D eigenvalue weighted by Gasteiger charge is 2.24. The van der Waals surface area contributed by atoms with E-state index in [0.717, 1.165) is 0 Å². The molecular formula is C17H23N3O4S. The molecule has 0 saturated heterocycles. The second-order valence-electron chi connectivity index (χ2n) is 6.74. The maximum atomic E-state index is 12.6. The SMILES string of the molecule is Cc1c(NC(=O)c2coc(CN)c2)cccc1S(=O)(=O)NC(C)(C)C. The Hall–Kier alpha value is -2.16. The van der Waals surface area contributed by atoms with Crippen LogP contribution in [0.15, 0.2) is 39.8 Å². The topological polar surface area (TPSA) is 114 Å². The maximum absolute atomic E-state index is 12.6. The minimum absolute atomic E-state index is 0.120. The molecule has 0 radical (unpaired) electrons. The average Bonchev–Trinajstić information content (AvgIpc) is 2.95. The van der Waals surface area contributed by atoms with Crippen molar-refractivity contribution >= 4 is 21.6 Å². The summed E-state index contributed by atoms with van der Waals surface area (Å²) in [6.07, 6.45) is 1.31. The third-order valence-corrected chi connectivity index (χ3v) is 5.28. The van der Waals surface area contributed by atoms with Crippen LogP contribution in [0.25, 0.3) is 0 Å². The number of nitrogens with two attached hydrogens (primary N) is 1. The summed E-state index contributed by atoms with van der Waals surface area (Å²) in [6.45, 7) is 7.13. The first-order chi connectivity index (χ1) is 11.5. The Bertz CT molecular complexity index is 880. The summed E-state index contributed by atoms with van der Waals surface area (Å²) in [7, 11) is -3.71. The molecule has 7 nitrogen and oxygen atoms in total. The Balaban J connectivity index is 2.30. The number of furan rings is 1. The molecule has 0 saturated carbocycles. The first kappa shape index (κ1) is 19.2. The molecule has 8 heteroatoms. The summed E-state index contributed by atoms with van der Waals surface area (Å²) in [4.78, 5) is 12.4. The predicted molar refractivity (Wildman–Crippen MR) is 95.8 cm³/mol. The van der Waals surface area contributed by atoms with Crippen molar-refractivity contribution in [2.45, 2.75) is 44.7 Å². The number of carbonyl (C=O) groups is 1. The molecule has 0 fully saturated rings. The number of nitrogens with one attached hydrogen (secondary N) is 2. The summed E-state index contributed by atoms with van der Waals surface area (Å²) in [5, 5.41) is 2.71. The number of anilines is 1. The van der Waals surface area contributed by atoms with Gasteiger partial charge in [0, 0.05) is 11.2 Å². The van der Waals surface area contributed by atoms with Gasteiger partial charge < -0.3 is 15.5 Å². The van der Waals surface area contributed by atoms with Crippen LogP contribution in [0, 0.1) is 6.92 Å². The average molecular weight is 365 g/mol. The van der Waals surface area contributed by atoms with Crippen molar-refractivity contribution in [3.05, 3.63) is 47.4 Å². The Kier molecular flexibility index (Phi) is 5.36. The number of hydrogen-bond donors (Lipinski definition) is 3. The molecule has 0 aliphatic heterocycles. The standard InChI is InChI=1S/C17H23N3O4S/c1-11-14(19-16(21)12-8-13(9-18)24-10-12)6-5-7-15(11)25(22,23)20-17(2,3)4/h5-8,10,20H,9,18H2,1-4H3,(H,19,21). The largest absolute Gasteiger partial charge is 0.467 e. The van der Waals surface area contributed by atoms with Gasteiger partial charge in [-0.05, 0) is 51.5 Å². The molecule has 0 atom stereocenters. The fourth-order valence-corrected chi connectivity index (χ4v) is 3.99. The van der Waals surface area contributed by atoms with E-state index < -0.39 is 21.5 Å². The Morgan fingerprint density at radius 1 is 1.28 bits per heavy atom. The normalized spacial score (nSPS) is 12.2. The molecule has 0 bridgehead atoms. The van der Waals surface area contributed by atoms with Gasteiger partial charge in [-0.2, -0.15) is 0 Å². The molecule has 25 heavy (non-hydrogen) atoms. The smallest absolute Gasteiger partial charge is 0.258 e. The van der Waals surface area contributed by atoms with Crippen LogP contribution in [0.1, 0.15) is 42.5 Å². The molecule has 1 aromatic heterocycles. The lowest BCUT2D eigenvalue weighted by atomic mass is 10.1. The van der Waals surface area contributed by atoms with Gasteiger partial charge in [0.1, 0.15) is 12.0 Å². The van der Waals surface area contributed by atoms with Crippen LogP contribution in [0.2, 0.25) is 0 Å². The van der Waals surface area contributed by atoms with Crippen LogP contribution in [0.4, 0.5) is 5.69 Å². The quantitative estimate of drug-likeness (QED) is 0.752. The zero-order chi connectivity index (χ0) is 18.8. The van der Waals surface area contributed by atoms with Crippen molar-refractivity contribution in [2.24, 2.45) is 5.73 Å². The van der Waals surface area contributed by atoms with Gasteiger partial charge in [-0.3, -0.25) is 4.79 Å². The molecule has 1 aromatic carbocycles. The zero-order valence-corrected chi connectivity index (χ0v) is 15.5. The highest BCUT2D eigenvalue weighted by molar-refractivity contribution is 7.89. The molecule has 2 aromatic rings. The van der Waals surface area contributed by atoms with Crippen molar-refractivity contribution in [3.8, 4) is 0 Å². The van der Waals surface area contributed by atoms with Gasteiger partial charge in [-0.1, -0.05) is 6.07 Å². The lowest BCUT2D eigenvalue weighted by molar-refractivity contribution is 0.102. The monoisotopic (exact) mass is 365 g/mol. The number of sulfonamides is 1. The lowest BCUT2D eigenvalue weighted by Crippen LogP contribution is -2.40. The van der Waals surface area contributed by atoms with E-state index in [2.05, 4.69) is 10.0 Å². The lowest BCUT2D eigenvalue weighted by Gasteiger charge is -2.21. The van der Waals surface area contributed by atoms with E-state index in [1.54, 1.807) is 45.9 Å². The molecule has 136 valence electrons. The van der Waals surface area contributed by atoms with Gasteiger partial charge in [0.15, 0.2) is 0 Å². The molecule has 4 N–H and O–H groups in total. The fourth-order valence-electron chi connectivity index (χ4n) is 2.30. The molecule has 0 spiro atoms. The van der Waals surface area contributed by atoms with Crippen LogP contribution < -0.4 is 15.8 Å². The fraction of sp³-hybridized carbons (Fsp3) is 0.353. The van der Waals surface area contributed by atoms with Gasteiger partial charge >= 0.3 is 0 Å². The van der Waals surface area contributed by atoms with Crippen LogP contribution in [0.5, 0.6) is 0 Å². The van der Waals surface area contributed by atoms with Gasteiger partial charge in [-0.25, -0.2) is 13.1 Å². The van der Waals surface area contributed by atoms with Gasteiger partial charge in [0.2, 0.25) is 10.0 Å². The van der Waals surface area contributed by atoms with Crippen molar-refractivity contribution in [1.29, 1.82) is 0 Å². The third kappa shape index (κ3) is 4.68. The van der Waals surface area contributed by atoms with Gasteiger partial charge in [0.05, 0.1) is 17.0 Å². The van der Waals surface area contributed by atoms with Crippen molar-refractivity contribution in [3.63, 3.8) is 0 Å². The molecule has 0 unspecified atom stereocenters. The van der Waals surface area contributed by atoms with E-state index in [0.29, 0.717) is 22.6 Å². The molecule has 2 rings (SSSR count). The minimum Gasteiger partial charge on any atom is -0.467 e. The number of rotatable bonds is 5. The van der Waals surface area contributed by atoms with E-state index in [1.807, 2.05) is 0 Å². The number of benzene rings is 1. The zero-order valence-electron chi connectivity index (χ0n) is 14.7. The first-order valence-corrected chi connectivity index (χ1v) is 9.24. The molecule has 0 aliphatic rings. The number of amides is 1. The molecule has 1 heterocycles. The predicted octanol–water partition coefficient (Wildman–Crippen LogP) is 2.38. The second-order valence-corrected chi connectivity index (χ2v) is 8.39. The van der Waals surface area contributed by atoms with E-state index in [4.69, 9.17) is 10.2 Å². The maximum Gasteiger partial charge on any atom is 0.258 e. The summed E-state index contributed by atoms with van der Waals surface area (Å²) in [5.41, 5.74) is 6.04.